The van der Waals surface area contributed by atoms with Gasteiger partial charge < -0.3 is 9.84 Å². The minimum atomic E-state index is -0.509. The van der Waals surface area contributed by atoms with Gasteiger partial charge in [-0.3, -0.25) is 4.90 Å². The second-order valence-corrected chi connectivity index (χ2v) is 8.64. The quantitative estimate of drug-likeness (QED) is 0.345. The highest BCUT2D eigenvalue weighted by molar-refractivity contribution is 7.98. The molecule has 0 fully saturated rings. The number of anilines is 1. The molecule has 1 aliphatic rings. The summed E-state index contributed by atoms with van der Waals surface area (Å²) in [6.45, 7) is 1.80. The minimum absolute atomic E-state index is 0.289. The number of nitrogens with one attached hydrogen (secondary N) is 1. The van der Waals surface area contributed by atoms with Crippen molar-refractivity contribution in [3.63, 3.8) is 0 Å². The van der Waals surface area contributed by atoms with E-state index < -0.39 is 11.9 Å². The Morgan fingerprint density at radius 2 is 1.79 bits per heavy atom. The molecule has 8 heteroatoms. The van der Waals surface area contributed by atoms with E-state index in [9.17, 15) is 9.18 Å². The molecule has 0 saturated carbocycles. The first-order valence-electron chi connectivity index (χ1n) is 10.7. The maximum absolute atomic E-state index is 14.0. The second kappa shape index (κ2) is 9.15. The molecule has 2 heterocycles. The normalized spacial score (nSPS) is 16.0. The largest absolute Gasteiger partial charge is 0.334 e. The third-order valence-electron chi connectivity index (χ3n) is 5.69. The first-order valence-corrected chi connectivity index (χ1v) is 11.9. The Morgan fingerprint density at radius 1 is 1.03 bits per heavy atom. The van der Waals surface area contributed by atoms with Crippen LogP contribution in [-0.4, -0.2) is 22.4 Å². The van der Waals surface area contributed by atoms with Gasteiger partial charge in [-0.15, -0.1) is 11.8 Å². The number of urea groups is 1. The van der Waals surface area contributed by atoms with Gasteiger partial charge in [-0.1, -0.05) is 41.6 Å². The van der Waals surface area contributed by atoms with Crippen LogP contribution in [0.2, 0.25) is 0 Å². The number of rotatable bonds is 5. The Balaban J connectivity index is 1.63. The minimum Gasteiger partial charge on any atom is -0.334 e. The number of carbonyl (C=O) groups excluding carboxylic acids is 1. The topological polar surface area (TPSA) is 71.3 Å². The number of halogens is 1. The van der Waals surface area contributed by atoms with E-state index in [0.717, 1.165) is 16.0 Å². The number of thioether (sulfide) groups is 1. The molecule has 5 rings (SSSR count). The lowest BCUT2D eigenvalue weighted by molar-refractivity contribution is 0.244. The van der Waals surface area contributed by atoms with Crippen LogP contribution in [0.25, 0.3) is 17.0 Å². The summed E-state index contributed by atoms with van der Waals surface area (Å²) >= 11 is 1.65. The molecule has 170 valence electrons. The number of hydrogen-bond acceptors (Lipinski definition) is 5. The molecule has 1 unspecified atom stereocenters. The Morgan fingerprint density at radius 3 is 2.50 bits per heavy atom. The SMILES string of the molecule is CSc1ccc(-c2noc(C3=C(C)N(c4cccc(F)c4)C(=O)NC3c3ccccc3)n2)cc1. The number of nitrogens with zero attached hydrogens (tertiary/aromatic N) is 3. The third kappa shape index (κ3) is 4.08. The van der Waals surface area contributed by atoms with Gasteiger partial charge in [0.1, 0.15) is 5.82 Å². The van der Waals surface area contributed by atoms with E-state index in [4.69, 9.17) is 4.52 Å². The smallest absolute Gasteiger partial charge is 0.327 e. The van der Waals surface area contributed by atoms with Crippen molar-refractivity contribution in [2.75, 3.05) is 11.2 Å². The fourth-order valence-electron chi connectivity index (χ4n) is 4.03. The van der Waals surface area contributed by atoms with Crippen LogP contribution in [0.4, 0.5) is 14.9 Å². The predicted molar refractivity (Wildman–Crippen MR) is 131 cm³/mol. The molecule has 3 aromatic carbocycles. The van der Waals surface area contributed by atoms with Crippen LogP contribution in [-0.2, 0) is 0 Å². The molecule has 34 heavy (non-hydrogen) atoms. The van der Waals surface area contributed by atoms with E-state index in [0.29, 0.717) is 22.8 Å². The van der Waals surface area contributed by atoms with E-state index in [1.165, 1.54) is 17.0 Å². The molecule has 1 aromatic heterocycles. The van der Waals surface area contributed by atoms with E-state index in [1.54, 1.807) is 30.8 Å². The number of allylic oxidation sites excluding steroid dienone is 1. The average molecular weight is 473 g/mol. The summed E-state index contributed by atoms with van der Waals surface area (Å²) in [5.41, 5.74) is 3.33. The summed E-state index contributed by atoms with van der Waals surface area (Å²) in [5.74, 6) is 0.305. The number of carbonyl (C=O) groups is 1. The molecular formula is C26H21FN4O2S. The van der Waals surface area contributed by atoms with Crippen molar-refractivity contribution in [1.82, 2.24) is 15.5 Å². The van der Waals surface area contributed by atoms with Crippen molar-refractivity contribution in [2.45, 2.75) is 17.9 Å². The first kappa shape index (κ1) is 21.9. The third-order valence-corrected chi connectivity index (χ3v) is 6.43. The molecule has 4 aromatic rings. The fraction of sp³-hybridized carbons (Fsp3) is 0.115. The van der Waals surface area contributed by atoms with Crippen molar-refractivity contribution in [3.8, 4) is 11.4 Å². The maximum Gasteiger partial charge on any atom is 0.327 e. The Kier molecular flexibility index (Phi) is 5.90. The van der Waals surface area contributed by atoms with Crippen LogP contribution in [0.3, 0.4) is 0 Å². The molecule has 1 aliphatic heterocycles. The molecule has 0 bridgehead atoms. The van der Waals surface area contributed by atoms with E-state index >= 15 is 0 Å². The molecule has 1 N–H and O–H groups in total. The van der Waals surface area contributed by atoms with Crippen molar-refractivity contribution in [1.29, 1.82) is 0 Å². The number of benzene rings is 3. The predicted octanol–water partition coefficient (Wildman–Crippen LogP) is 6.30. The summed E-state index contributed by atoms with van der Waals surface area (Å²) in [7, 11) is 0. The number of hydrogen-bond donors (Lipinski definition) is 1. The molecule has 1 atom stereocenters. The van der Waals surface area contributed by atoms with Crippen LogP contribution in [0.15, 0.2) is 94.0 Å². The van der Waals surface area contributed by atoms with Crippen molar-refractivity contribution in [2.24, 2.45) is 0 Å². The molecule has 0 radical (unpaired) electrons. The lowest BCUT2D eigenvalue weighted by Crippen LogP contribution is -2.46. The van der Waals surface area contributed by atoms with Crippen LogP contribution >= 0.6 is 11.8 Å². The van der Waals surface area contributed by atoms with Gasteiger partial charge in [0.05, 0.1) is 17.3 Å². The molecule has 0 aliphatic carbocycles. The molecule has 0 spiro atoms. The Labute approximate surface area is 200 Å². The standard InChI is InChI=1S/C26H21FN4O2S/c1-16-22(25-29-24(30-33-25)18-11-13-21(34-2)14-12-18)23(17-7-4-3-5-8-17)28-26(32)31(16)20-10-6-9-19(27)15-20/h3-15,23H,1-2H3,(H,28,32). The summed E-state index contributed by atoms with van der Waals surface area (Å²) in [6.07, 6.45) is 2.02. The summed E-state index contributed by atoms with van der Waals surface area (Å²) < 4.78 is 19.7. The number of aromatic nitrogens is 2. The summed E-state index contributed by atoms with van der Waals surface area (Å²) in [4.78, 5) is 20.4. The van der Waals surface area contributed by atoms with Crippen LogP contribution in [0.5, 0.6) is 0 Å². The van der Waals surface area contributed by atoms with Gasteiger partial charge in [0.25, 0.3) is 5.89 Å². The molecular weight excluding hydrogens is 451 g/mol. The van der Waals surface area contributed by atoms with Gasteiger partial charge in [0, 0.05) is 16.2 Å². The lowest BCUT2D eigenvalue weighted by Gasteiger charge is -2.35. The van der Waals surface area contributed by atoms with Crippen molar-refractivity contribution in [3.05, 3.63) is 102 Å². The highest BCUT2D eigenvalue weighted by atomic mass is 32.2. The Hall–Kier alpha value is -3.91. The highest BCUT2D eigenvalue weighted by Gasteiger charge is 2.36. The van der Waals surface area contributed by atoms with Crippen LogP contribution in [0, 0.1) is 5.82 Å². The zero-order chi connectivity index (χ0) is 23.7. The summed E-state index contributed by atoms with van der Waals surface area (Å²) in [5, 5.41) is 7.21. The van der Waals surface area contributed by atoms with Crippen molar-refractivity contribution >= 4 is 29.1 Å². The van der Waals surface area contributed by atoms with Gasteiger partial charge in [-0.25, -0.2) is 9.18 Å². The number of amides is 2. The lowest BCUT2D eigenvalue weighted by atomic mass is 9.94. The highest BCUT2D eigenvalue weighted by Crippen LogP contribution is 2.39. The van der Waals surface area contributed by atoms with Gasteiger partial charge in [0.15, 0.2) is 0 Å². The van der Waals surface area contributed by atoms with Gasteiger partial charge in [0.2, 0.25) is 5.82 Å². The van der Waals surface area contributed by atoms with E-state index in [-0.39, 0.29) is 11.9 Å². The van der Waals surface area contributed by atoms with Crippen molar-refractivity contribution < 1.29 is 13.7 Å². The zero-order valence-electron chi connectivity index (χ0n) is 18.5. The fourth-order valence-corrected chi connectivity index (χ4v) is 4.44. The van der Waals surface area contributed by atoms with E-state index in [2.05, 4.69) is 15.5 Å². The van der Waals surface area contributed by atoms with Gasteiger partial charge >= 0.3 is 6.03 Å². The average Bonchev–Trinajstić information content (AvgIpc) is 3.34. The molecule has 2 amide bonds. The zero-order valence-corrected chi connectivity index (χ0v) is 19.3. The van der Waals surface area contributed by atoms with Gasteiger partial charge in [-0.05, 0) is 61.2 Å². The molecule has 0 saturated heterocycles. The molecule has 6 nitrogen and oxygen atoms in total. The Bertz CT molecular complexity index is 1370. The van der Waals surface area contributed by atoms with Gasteiger partial charge in [-0.2, -0.15) is 4.98 Å². The second-order valence-electron chi connectivity index (χ2n) is 7.76. The summed E-state index contributed by atoms with van der Waals surface area (Å²) in [6, 6.07) is 22.5. The van der Waals surface area contributed by atoms with Crippen LogP contribution in [0.1, 0.15) is 24.4 Å². The maximum atomic E-state index is 14.0. The monoisotopic (exact) mass is 472 g/mol. The van der Waals surface area contributed by atoms with Crippen LogP contribution < -0.4 is 10.2 Å². The first-order chi connectivity index (χ1) is 16.5. The van der Waals surface area contributed by atoms with E-state index in [1.807, 2.05) is 60.9 Å².